The Kier molecular flexibility index (Phi) is 4.26. The van der Waals surface area contributed by atoms with Crippen molar-refractivity contribution in [1.29, 1.82) is 0 Å². The number of carbonyl (C=O) groups excluding carboxylic acids is 1. The van der Waals surface area contributed by atoms with Crippen molar-refractivity contribution in [3.63, 3.8) is 0 Å². The van der Waals surface area contributed by atoms with Crippen LogP contribution >= 0.6 is 15.9 Å². The summed E-state index contributed by atoms with van der Waals surface area (Å²) in [6.07, 6.45) is 0. The van der Waals surface area contributed by atoms with Crippen LogP contribution in [0, 0.1) is 5.82 Å². The number of carbonyl (C=O) groups is 1. The summed E-state index contributed by atoms with van der Waals surface area (Å²) < 4.78 is 19.1. The monoisotopic (exact) mass is 327 g/mol. The standard InChI is InChI=1S/C12H11BrFN3O2/c1-2-19-12(18)11-10(15-17-16-11)8-5-3-4-7(6-13)9(8)14/h3-5H,2,6H2,1H3,(H,15,16,17). The molecule has 5 nitrogen and oxygen atoms in total. The molecule has 0 unspecified atom stereocenters. The molecule has 1 aromatic carbocycles. The number of rotatable bonds is 4. The molecule has 1 aromatic heterocycles. The number of nitrogens with one attached hydrogen (secondary N) is 1. The van der Waals surface area contributed by atoms with E-state index in [-0.39, 0.29) is 23.6 Å². The maximum atomic E-state index is 14.2. The molecule has 0 radical (unpaired) electrons. The number of nitrogens with zero attached hydrogens (tertiary/aromatic N) is 2. The molecule has 0 saturated carbocycles. The molecular formula is C12H11BrFN3O2. The first-order chi connectivity index (χ1) is 9.19. The Balaban J connectivity index is 2.49. The van der Waals surface area contributed by atoms with Gasteiger partial charge in [0.05, 0.1) is 6.61 Å². The van der Waals surface area contributed by atoms with Crippen molar-refractivity contribution in [2.45, 2.75) is 12.3 Å². The SMILES string of the molecule is CCOC(=O)c1n[nH]nc1-c1cccc(CBr)c1F. The van der Waals surface area contributed by atoms with E-state index < -0.39 is 11.8 Å². The summed E-state index contributed by atoms with van der Waals surface area (Å²) in [6, 6.07) is 4.89. The predicted molar refractivity (Wildman–Crippen MR) is 70.4 cm³/mol. The van der Waals surface area contributed by atoms with Crippen LogP contribution in [0.3, 0.4) is 0 Å². The summed E-state index contributed by atoms with van der Waals surface area (Å²) in [4.78, 5) is 11.7. The Morgan fingerprint density at radius 2 is 2.26 bits per heavy atom. The molecule has 0 aliphatic carbocycles. The quantitative estimate of drug-likeness (QED) is 0.692. The Morgan fingerprint density at radius 1 is 1.47 bits per heavy atom. The van der Waals surface area contributed by atoms with Crippen LogP contribution in [-0.4, -0.2) is 28.0 Å². The van der Waals surface area contributed by atoms with Crippen molar-refractivity contribution in [3.8, 4) is 11.3 Å². The van der Waals surface area contributed by atoms with Crippen molar-refractivity contribution in [3.05, 3.63) is 35.3 Å². The van der Waals surface area contributed by atoms with Crippen LogP contribution < -0.4 is 0 Å². The van der Waals surface area contributed by atoms with Crippen LogP contribution in [0.5, 0.6) is 0 Å². The third-order valence-electron chi connectivity index (χ3n) is 2.49. The Labute approximate surface area is 117 Å². The Bertz CT molecular complexity index is 600. The number of benzene rings is 1. The molecule has 0 aliphatic rings. The average molecular weight is 328 g/mol. The molecule has 0 fully saturated rings. The molecule has 100 valence electrons. The van der Waals surface area contributed by atoms with Crippen LogP contribution in [0.1, 0.15) is 23.0 Å². The molecule has 0 spiro atoms. The summed E-state index contributed by atoms with van der Waals surface area (Å²) in [6.45, 7) is 1.90. The third-order valence-corrected chi connectivity index (χ3v) is 3.10. The van der Waals surface area contributed by atoms with Gasteiger partial charge >= 0.3 is 5.97 Å². The van der Waals surface area contributed by atoms with E-state index in [0.29, 0.717) is 10.9 Å². The lowest BCUT2D eigenvalue weighted by Gasteiger charge is -2.05. The highest BCUT2D eigenvalue weighted by atomic mass is 79.9. The highest BCUT2D eigenvalue weighted by molar-refractivity contribution is 9.08. The van der Waals surface area contributed by atoms with E-state index in [1.807, 2.05) is 0 Å². The number of hydrogen-bond donors (Lipinski definition) is 1. The molecule has 7 heteroatoms. The molecule has 0 amide bonds. The molecule has 1 heterocycles. The van der Waals surface area contributed by atoms with Gasteiger partial charge in [-0.25, -0.2) is 9.18 Å². The normalized spacial score (nSPS) is 10.5. The lowest BCUT2D eigenvalue weighted by molar-refractivity contribution is 0.0520. The zero-order valence-electron chi connectivity index (χ0n) is 10.1. The van der Waals surface area contributed by atoms with Crippen molar-refractivity contribution in [1.82, 2.24) is 15.4 Å². The molecular weight excluding hydrogens is 317 g/mol. The molecule has 0 atom stereocenters. The molecule has 2 aromatic rings. The van der Waals surface area contributed by atoms with E-state index in [0.717, 1.165) is 0 Å². The van der Waals surface area contributed by atoms with Gasteiger partial charge in [0, 0.05) is 10.9 Å². The van der Waals surface area contributed by atoms with Crippen LogP contribution in [0.2, 0.25) is 0 Å². The average Bonchev–Trinajstić information content (AvgIpc) is 2.88. The summed E-state index contributed by atoms with van der Waals surface area (Å²) in [5, 5.41) is 10.2. The first-order valence-electron chi connectivity index (χ1n) is 5.60. The molecule has 0 saturated heterocycles. The number of H-pyrrole nitrogens is 1. The largest absolute Gasteiger partial charge is 0.461 e. The third kappa shape index (κ3) is 2.65. The highest BCUT2D eigenvalue weighted by Crippen LogP contribution is 2.26. The fourth-order valence-corrected chi connectivity index (χ4v) is 2.06. The smallest absolute Gasteiger partial charge is 0.361 e. The lowest BCUT2D eigenvalue weighted by atomic mass is 10.1. The number of aromatic amines is 1. The zero-order valence-corrected chi connectivity index (χ0v) is 11.7. The van der Waals surface area contributed by atoms with Gasteiger partial charge in [0.2, 0.25) is 0 Å². The van der Waals surface area contributed by atoms with Gasteiger partial charge in [-0.15, -0.1) is 5.10 Å². The van der Waals surface area contributed by atoms with Crippen LogP contribution in [0.15, 0.2) is 18.2 Å². The number of hydrogen-bond acceptors (Lipinski definition) is 4. The van der Waals surface area contributed by atoms with Gasteiger partial charge in [-0.05, 0) is 18.6 Å². The second-order valence-corrected chi connectivity index (χ2v) is 4.21. The fraction of sp³-hybridized carbons (Fsp3) is 0.250. The predicted octanol–water partition coefficient (Wildman–Crippen LogP) is 2.68. The molecule has 2 rings (SSSR count). The van der Waals surface area contributed by atoms with Gasteiger partial charge in [0.1, 0.15) is 11.5 Å². The maximum absolute atomic E-state index is 14.2. The lowest BCUT2D eigenvalue weighted by Crippen LogP contribution is -2.07. The molecule has 19 heavy (non-hydrogen) atoms. The first-order valence-corrected chi connectivity index (χ1v) is 6.72. The zero-order chi connectivity index (χ0) is 13.8. The van der Waals surface area contributed by atoms with Crippen molar-refractivity contribution in [2.24, 2.45) is 0 Å². The van der Waals surface area contributed by atoms with Gasteiger partial charge in [0.15, 0.2) is 5.69 Å². The minimum absolute atomic E-state index is 0.0209. The van der Waals surface area contributed by atoms with E-state index in [4.69, 9.17) is 4.74 Å². The van der Waals surface area contributed by atoms with Gasteiger partial charge in [-0.1, -0.05) is 28.1 Å². The first kappa shape index (κ1) is 13.7. The minimum Gasteiger partial charge on any atom is -0.461 e. The van der Waals surface area contributed by atoms with Gasteiger partial charge in [-0.2, -0.15) is 10.3 Å². The fourth-order valence-electron chi connectivity index (χ4n) is 1.63. The summed E-state index contributed by atoms with van der Waals surface area (Å²) in [5.74, 6) is -1.06. The van der Waals surface area contributed by atoms with Crippen molar-refractivity contribution < 1.29 is 13.9 Å². The van der Waals surface area contributed by atoms with Crippen molar-refractivity contribution in [2.75, 3.05) is 6.61 Å². The van der Waals surface area contributed by atoms with E-state index in [2.05, 4.69) is 31.3 Å². The number of alkyl halides is 1. The van der Waals surface area contributed by atoms with Crippen molar-refractivity contribution >= 4 is 21.9 Å². The second kappa shape index (κ2) is 5.92. The molecule has 0 bridgehead atoms. The highest BCUT2D eigenvalue weighted by Gasteiger charge is 2.22. The number of halogens is 2. The van der Waals surface area contributed by atoms with Gasteiger partial charge < -0.3 is 4.74 Å². The molecule has 0 aliphatic heterocycles. The Morgan fingerprint density at radius 3 is 2.95 bits per heavy atom. The number of esters is 1. The van der Waals surface area contributed by atoms with E-state index in [9.17, 15) is 9.18 Å². The van der Waals surface area contributed by atoms with Gasteiger partial charge in [0.25, 0.3) is 0 Å². The van der Waals surface area contributed by atoms with Crippen LogP contribution in [-0.2, 0) is 10.1 Å². The van der Waals surface area contributed by atoms with Gasteiger partial charge in [-0.3, -0.25) is 0 Å². The summed E-state index contributed by atoms with van der Waals surface area (Å²) in [7, 11) is 0. The van der Waals surface area contributed by atoms with Crippen LogP contribution in [0.25, 0.3) is 11.3 Å². The van der Waals surface area contributed by atoms with E-state index in [1.54, 1.807) is 25.1 Å². The topological polar surface area (TPSA) is 67.9 Å². The summed E-state index contributed by atoms with van der Waals surface area (Å²) >= 11 is 3.20. The number of aromatic nitrogens is 3. The second-order valence-electron chi connectivity index (χ2n) is 3.65. The van der Waals surface area contributed by atoms with E-state index >= 15 is 0 Å². The molecule has 1 N–H and O–H groups in total. The minimum atomic E-state index is -0.630. The van der Waals surface area contributed by atoms with E-state index in [1.165, 1.54) is 0 Å². The maximum Gasteiger partial charge on any atom is 0.361 e. The summed E-state index contributed by atoms with van der Waals surface area (Å²) in [5.41, 5.74) is 0.829. The Hall–Kier alpha value is -1.76. The van der Waals surface area contributed by atoms with Crippen LogP contribution in [0.4, 0.5) is 4.39 Å². The number of ether oxygens (including phenoxy) is 1.